The molecule has 0 atom stereocenters. The first kappa shape index (κ1) is 18.8. The molecule has 0 heterocycles. The van der Waals surface area contributed by atoms with Gasteiger partial charge in [0, 0.05) is 6.54 Å². The third-order valence-electron chi connectivity index (χ3n) is 3.34. The largest absolute Gasteiger partial charge is 0.573 e. The van der Waals surface area contributed by atoms with Crippen molar-refractivity contribution in [2.45, 2.75) is 32.5 Å². The summed E-state index contributed by atoms with van der Waals surface area (Å²) in [6, 6.07) is 4.94. The molecule has 1 N–H and O–H groups in total. The summed E-state index contributed by atoms with van der Waals surface area (Å²) in [6.45, 7) is 4.59. The van der Waals surface area contributed by atoms with Crippen molar-refractivity contribution in [3.63, 3.8) is 0 Å². The number of rotatable bonds is 6. The van der Waals surface area contributed by atoms with E-state index in [1.54, 1.807) is 20.8 Å². The van der Waals surface area contributed by atoms with E-state index in [1.165, 1.54) is 17.0 Å². The van der Waals surface area contributed by atoms with Gasteiger partial charge in [0.15, 0.2) is 0 Å². The molecule has 1 aromatic rings. The number of ether oxygens (including phenoxy) is 1. The number of carbonyl (C=O) groups excluding carboxylic acids is 1. The van der Waals surface area contributed by atoms with Crippen LogP contribution in [0.15, 0.2) is 24.3 Å². The van der Waals surface area contributed by atoms with Crippen LogP contribution in [0, 0.1) is 0 Å². The van der Waals surface area contributed by atoms with Gasteiger partial charge in [-0.2, -0.15) is 0 Å². The molecule has 23 heavy (non-hydrogen) atoms. The average molecular weight is 333 g/mol. The molecular formula is C15H18F3NO4. The standard InChI is InChI=1S/C15H18F3NO4/c1-4-19(9-12(20)21)13(22)14(2,3)10-5-7-11(8-6-10)23-15(16,17)18/h5-8H,4,9H2,1-3H3,(H,20,21). The molecule has 0 fully saturated rings. The van der Waals surface area contributed by atoms with E-state index in [1.807, 2.05) is 0 Å². The Balaban J connectivity index is 2.98. The van der Waals surface area contributed by atoms with Gasteiger partial charge in [-0.15, -0.1) is 13.2 Å². The number of nitrogens with zero attached hydrogens (tertiary/aromatic N) is 1. The van der Waals surface area contributed by atoms with Crippen molar-refractivity contribution < 1.29 is 32.6 Å². The number of carboxylic acid groups (broad SMARTS) is 1. The highest BCUT2D eigenvalue weighted by Gasteiger charge is 2.35. The van der Waals surface area contributed by atoms with Gasteiger partial charge in [-0.3, -0.25) is 9.59 Å². The topological polar surface area (TPSA) is 66.8 Å². The molecule has 1 aromatic carbocycles. The maximum atomic E-state index is 12.5. The molecule has 0 aliphatic carbocycles. The Morgan fingerprint density at radius 1 is 1.17 bits per heavy atom. The quantitative estimate of drug-likeness (QED) is 0.869. The fourth-order valence-corrected chi connectivity index (χ4v) is 2.08. The van der Waals surface area contributed by atoms with Gasteiger partial charge >= 0.3 is 12.3 Å². The Kier molecular flexibility index (Phi) is 5.63. The minimum Gasteiger partial charge on any atom is -0.480 e. The second-order valence-electron chi connectivity index (χ2n) is 5.41. The van der Waals surface area contributed by atoms with E-state index in [9.17, 15) is 22.8 Å². The van der Waals surface area contributed by atoms with Crippen LogP contribution in [0.4, 0.5) is 13.2 Å². The Labute approximate surface area is 131 Å². The number of carbonyl (C=O) groups is 2. The number of amides is 1. The normalized spacial score (nSPS) is 11.9. The number of alkyl halides is 3. The monoisotopic (exact) mass is 333 g/mol. The second-order valence-corrected chi connectivity index (χ2v) is 5.41. The van der Waals surface area contributed by atoms with Crippen molar-refractivity contribution in [2.75, 3.05) is 13.1 Å². The molecule has 0 aliphatic rings. The van der Waals surface area contributed by atoms with Gasteiger partial charge in [-0.1, -0.05) is 12.1 Å². The number of likely N-dealkylation sites (N-methyl/N-ethyl adjacent to an activating group) is 1. The average Bonchev–Trinajstić information content (AvgIpc) is 2.42. The number of hydrogen-bond donors (Lipinski definition) is 1. The van der Waals surface area contributed by atoms with Crippen molar-refractivity contribution >= 4 is 11.9 Å². The van der Waals surface area contributed by atoms with E-state index >= 15 is 0 Å². The summed E-state index contributed by atoms with van der Waals surface area (Å²) in [4.78, 5) is 24.5. The SMILES string of the molecule is CCN(CC(=O)O)C(=O)C(C)(C)c1ccc(OC(F)(F)F)cc1. The molecule has 8 heteroatoms. The van der Waals surface area contributed by atoms with Crippen LogP contribution in [0.2, 0.25) is 0 Å². The number of halogens is 3. The molecule has 5 nitrogen and oxygen atoms in total. The fourth-order valence-electron chi connectivity index (χ4n) is 2.08. The van der Waals surface area contributed by atoms with Crippen molar-refractivity contribution in [3.8, 4) is 5.75 Å². The third-order valence-corrected chi connectivity index (χ3v) is 3.34. The zero-order valence-electron chi connectivity index (χ0n) is 13.0. The van der Waals surface area contributed by atoms with Crippen LogP contribution in [-0.4, -0.2) is 41.3 Å². The van der Waals surface area contributed by atoms with E-state index in [-0.39, 0.29) is 12.3 Å². The van der Waals surface area contributed by atoms with E-state index in [0.717, 1.165) is 12.1 Å². The molecule has 0 saturated heterocycles. The molecule has 1 rings (SSSR count). The van der Waals surface area contributed by atoms with Crippen LogP contribution in [0.1, 0.15) is 26.3 Å². The number of hydrogen-bond acceptors (Lipinski definition) is 3. The first-order valence-corrected chi connectivity index (χ1v) is 6.85. The number of benzene rings is 1. The van der Waals surface area contributed by atoms with Gasteiger partial charge in [-0.25, -0.2) is 0 Å². The lowest BCUT2D eigenvalue weighted by Gasteiger charge is -2.30. The van der Waals surface area contributed by atoms with Crippen molar-refractivity contribution in [2.24, 2.45) is 0 Å². The Bertz CT molecular complexity index is 567. The molecule has 0 unspecified atom stereocenters. The van der Waals surface area contributed by atoms with Crippen LogP contribution in [0.5, 0.6) is 5.75 Å². The lowest BCUT2D eigenvalue weighted by molar-refractivity contribution is -0.274. The highest BCUT2D eigenvalue weighted by atomic mass is 19.4. The minimum absolute atomic E-state index is 0.212. The van der Waals surface area contributed by atoms with E-state index in [0.29, 0.717) is 5.56 Å². The lowest BCUT2D eigenvalue weighted by Crippen LogP contribution is -2.45. The van der Waals surface area contributed by atoms with Gasteiger partial charge in [0.25, 0.3) is 0 Å². The van der Waals surface area contributed by atoms with Gasteiger partial charge in [-0.05, 0) is 38.5 Å². The number of carboxylic acids is 1. The Morgan fingerprint density at radius 2 is 1.70 bits per heavy atom. The van der Waals surface area contributed by atoms with Crippen molar-refractivity contribution in [3.05, 3.63) is 29.8 Å². The van der Waals surface area contributed by atoms with Gasteiger partial charge in [0.05, 0.1) is 5.41 Å². The van der Waals surface area contributed by atoms with E-state index < -0.39 is 30.2 Å². The van der Waals surface area contributed by atoms with Crippen LogP contribution in [-0.2, 0) is 15.0 Å². The van der Waals surface area contributed by atoms with Crippen LogP contribution in [0.25, 0.3) is 0 Å². The van der Waals surface area contributed by atoms with E-state index in [2.05, 4.69) is 4.74 Å². The third kappa shape index (κ3) is 5.15. The number of aliphatic carboxylic acids is 1. The summed E-state index contributed by atoms with van der Waals surface area (Å²) < 4.78 is 40.2. The molecule has 1 amide bonds. The minimum atomic E-state index is -4.78. The second kappa shape index (κ2) is 6.89. The van der Waals surface area contributed by atoms with Crippen LogP contribution < -0.4 is 4.74 Å². The van der Waals surface area contributed by atoms with Gasteiger partial charge < -0.3 is 14.7 Å². The summed E-state index contributed by atoms with van der Waals surface area (Å²) >= 11 is 0. The highest BCUT2D eigenvalue weighted by Crippen LogP contribution is 2.29. The smallest absolute Gasteiger partial charge is 0.480 e. The Morgan fingerprint density at radius 3 is 2.09 bits per heavy atom. The van der Waals surface area contributed by atoms with Crippen LogP contribution >= 0.6 is 0 Å². The molecular weight excluding hydrogens is 315 g/mol. The summed E-state index contributed by atoms with van der Waals surface area (Å²) in [6.07, 6.45) is -4.78. The summed E-state index contributed by atoms with van der Waals surface area (Å²) in [5, 5.41) is 8.83. The van der Waals surface area contributed by atoms with E-state index in [4.69, 9.17) is 5.11 Å². The maximum absolute atomic E-state index is 12.5. The summed E-state index contributed by atoms with van der Waals surface area (Å²) in [7, 11) is 0. The van der Waals surface area contributed by atoms with Crippen molar-refractivity contribution in [1.29, 1.82) is 0 Å². The zero-order valence-corrected chi connectivity index (χ0v) is 13.0. The first-order valence-electron chi connectivity index (χ1n) is 6.85. The fraction of sp³-hybridized carbons (Fsp3) is 0.467. The molecule has 0 aromatic heterocycles. The van der Waals surface area contributed by atoms with Gasteiger partial charge in [0.2, 0.25) is 5.91 Å². The molecule has 0 spiro atoms. The molecule has 0 aliphatic heterocycles. The maximum Gasteiger partial charge on any atom is 0.573 e. The van der Waals surface area contributed by atoms with Crippen LogP contribution in [0.3, 0.4) is 0 Å². The lowest BCUT2D eigenvalue weighted by atomic mass is 9.83. The first-order chi connectivity index (χ1) is 10.5. The zero-order chi connectivity index (χ0) is 17.8. The molecule has 0 bridgehead atoms. The van der Waals surface area contributed by atoms with Crippen molar-refractivity contribution in [1.82, 2.24) is 4.90 Å². The predicted molar refractivity (Wildman–Crippen MR) is 76.0 cm³/mol. The molecule has 128 valence electrons. The molecule has 0 saturated carbocycles. The molecule has 0 radical (unpaired) electrons. The Hall–Kier alpha value is -2.25. The predicted octanol–water partition coefficient (Wildman–Crippen LogP) is 2.80. The highest BCUT2D eigenvalue weighted by molar-refractivity contribution is 5.89. The van der Waals surface area contributed by atoms with Gasteiger partial charge in [0.1, 0.15) is 12.3 Å². The summed E-state index contributed by atoms with van der Waals surface area (Å²) in [5.74, 6) is -1.95. The summed E-state index contributed by atoms with van der Waals surface area (Å²) in [5.41, 5.74) is -0.622.